The van der Waals surface area contributed by atoms with Gasteiger partial charge in [-0.15, -0.1) is 0 Å². The van der Waals surface area contributed by atoms with Gasteiger partial charge in [-0.25, -0.2) is 0 Å². The Morgan fingerprint density at radius 1 is 1.20 bits per heavy atom. The molecule has 0 aliphatic carbocycles. The molecule has 0 rings (SSSR count). The molecule has 0 aliphatic heterocycles. The van der Waals surface area contributed by atoms with Crippen LogP contribution in [0.2, 0.25) is 0 Å². The van der Waals surface area contributed by atoms with Crippen LogP contribution in [0.15, 0.2) is 0 Å². The van der Waals surface area contributed by atoms with Gasteiger partial charge in [0.05, 0.1) is 0 Å². The van der Waals surface area contributed by atoms with Crippen molar-refractivity contribution in [2.75, 3.05) is 0 Å². The maximum atomic E-state index is 4.33. The van der Waals surface area contributed by atoms with Crippen LogP contribution < -0.4 is 0 Å². The van der Waals surface area contributed by atoms with E-state index in [2.05, 4.69) is 15.4 Å². The van der Waals surface area contributed by atoms with E-state index in [9.17, 15) is 0 Å². The summed E-state index contributed by atoms with van der Waals surface area (Å²) in [4.78, 5) is 0. The van der Waals surface area contributed by atoms with Gasteiger partial charge in [0.2, 0.25) is 0 Å². The minimum absolute atomic E-state index is 0. The third kappa shape index (κ3) is 20.0. The van der Waals surface area contributed by atoms with Crippen molar-refractivity contribution >= 4 is 50.1 Å². The molecule has 0 amide bonds. The number of rotatable bonds is 0. The van der Waals surface area contributed by atoms with Crippen LogP contribution in [-0.2, 0) is 37.8 Å². The minimum atomic E-state index is 0. The van der Waals surface area contributed by atoms with Crippen LogP contribution in [0.3, 0.4) is 0 Å². The van der Waals surface area contributed by atoms with E-state index in [1.807, 2.05) is 0 Å². The van der Waals surface area contributed by atoms with Crippen molar-refractivity contribution in [3.05, 3.63) is 0 Å². The van der Waals surface area contributed by atoms with Crippen molar-refractivity contribution in [3.63, 3.8) is 0 Å². The summed E-state index contributed by atoms with van der Waals surface area (Å²) in [5.41, 5.74) is 0. The summed E-state index contributed by atoms with van der Waals surface area (Å²) in [6, 6.07) is 0. The van der Waals surface area contributed by atoms with Crippen LogP contribution in [0.5, 0.6) is 0 Å². The standard InChI is InChI=1S/Ag.Al.Cu.H3Si.Sn.7H/h;;;1H3;;;;;;;;. The molecule has 0 nitrogen and oxygen atoms in total. The molecule has 0 spiro atoms. The molecular weight excluding hydrogens is 345 g/mol. The molecule has 0 unspecified atom stereocenters. The number of hydrogen-bond acceptors (Lipinski definition) is 0. The van der Waals surface area contributed by atoms with E-state index < -0.39 is 0 Å². The zero-order chi connectivity index (χ0) is 2.00. The summed E-state index contributed by atoms with van der Waals surface area (Å²) in [5.74, 6) is 0. The molecule has 5 heavy (non-hydrogen) atoms. The monoisotopic (exact) mass is 355 g/mol. The van der Waals surface area contributed by atoms with E-state index in [4.69, 9.17) is 0 Å². The van der Waals surface area contributed by atoms with Gasteiger partial charge in [-0.2, -0.15) is 0 Å². The van der Waals surface area contributed by atoms with Crippen molar-refractivity contribution in [1.82, 2.24) is 0 Å². The van der Waals surface area contributed by atoms with Crippen molar-refractivity contribution in [1.29, 1.82) is 0 Å². The molecule has 0 bridgehead atoms. The Hall–Kier alpha value is 2.81. The summed E-state index contributed by atoms with van der Waals surface area (Å²) >= 11 is 4.33. The topological polar surface area (TPSA) is 0 Å². The molecule has 0 saturated heterocycles. The fourth-order valence-corrected chi connectivity index (χ4v) is 0. The van der Waals surface area contributed by atoms with Gasteiger partial charge in [0, 0.05) is 22.4 Å². The molecule has 5 heteroatoms. The van der Waals surface area contributed by atoms with E-state index in [1.54, 1.807) is 0 Å². The second-order valence-electron chi connectivity index (χ2n) is 0. The van der Waals surface area contributed by atoms with Gasteiger partial charge < -0.3 is 0 Å². The average Bonchev–Trinajstić information content (AvgIpc) is 1.00. The van der Waals surface area contributed by atoms with Gasteiger partial charge in [-0.05, 0) is 0 Å². The summed E-state index contributed by atoms with van der Waals surface area (Å²) in [7, 11) is 0.868. The first-order valence-electron chi connectivity index (χ1n) is 0.302. The van der Waals surface area contributed by atoms with Crippen LogP contribution in [-0.4, -0.2) is 50.1 Å². The van der Waals surface area contributed by atoms with E-state index in [1.165, 1.54) is 0 Å². The Labute approximate surface area is 86.5 Å². The Morgan fingerprint density at radius 2 is 1.20 bits per heavy atom. The SMILES string of the molecule is [Ag].[AlH3].[SiH3][Cu].[SnH4]. The first-order chi connectivity index (χ1) is 1.00. The number of hydrogen-bond donors (Lipinski definition) is 0. The van der Waals surface area contributed by atoms with Crippen LogP contribution in [0.4, 0.5) is 0 Å². The Morgan fingerprint density at radius 3 is 1.20 bits per heavy atom. The molecule has 0 fully saturated rings. The molecule has 0 aromatic rings. The van der Waals surface area contributed by atoms with E-state index in [-0.39, 0.29) is 63.6 Å². The molecule has 0 saturated carbocycles. The zero-order valence-electron chi connectivity index (χ0n) is 1.60. The fraction of sp³-hybridized carbons (Fsp3) is 0. The summed E-state index contributed by atoms with van der Waals surface area (Å²) < 4.78 is 0. The zero-order valence-corrected chi connectivity index (χ0v) is 6.03. The molecular formula is H10AgAlCuSiSn. The van der Waals surface area contributed by atoms with Crippen LogP contribution >= 0.6 is 0 Å². The molecule has 0 heterocycles. The molecule has 0 atom stereocenters. The Balaban J connectivity index is -0.00000000167. The maximum absolute atomic E-state index is 4.33. The van der Waals surface area contributed by atoms with Gasteiger partial charge in [0.15, 0.2) is 17.4 Å². The van der Waals surface area contributed by atoms with Crippen molar-refractivity contribution in [2.45, 2.75) is 0 Å². The second kappa shape index (κ2) is 29.1. The molecule has 1 radical (unpaired) electrons. The third-order valence-electron chi connectivity index (χ3n) is 0. The predicted molar refractivity (Wildman–Crippen MR) is 31.2 cm³/mol. The molecule has 0 aliphatic rings. The van der Waals surface area contributed by atoms with E-state index in [0.717, 1.165) is 8.85 Å². The van der Waals surface area contributed by atoms with Gasteiger partial charge in [-0.3, -0.25) is 0 Å². The average molecular weight is 355 g/mol. The van der Waals surface area contributed by atoms with Crippen molar-refractivity contribution in [2.24, 2.45) is 0 Å². The Bertz CT molecular complexity index is 11.6. The summed E-state index contributed by atoms with van der Waals surface area (Å²) in [6.45, 7) is 0. The Kier molecular flexibility index (Phi) is 145. The van der Waals surface area contributed by atoms with E-state index >= 15 is 0 Å². The summed E-state index contributed by atoms with van der Waals surface area (Å²) in [5, 5.41) is 0. The molecule has 0 aromatic heterocycles. The molecule has 0 N–H and O–H groups in total. The van der Waals surface area contributed by atoms with Crippen molar-refractivity contribution < 1.29 is 37.8 Å². The third-order valence-corrected chi connectivity index (χ3v) is 0. The first-order valence-corrected chi connectivity index (χ1v) is 3.73. The first kappa shape index (κ1) is 25.0. The van der Waals surface area contributed by atoms with Gasteiger partial charge in [0.25, 0.3) is 0 Å². The van der Waals surface area contributed by atoms with E-state index in [0.29, 0.717) is 0 Å². The van der Waals surface area contributed by atoms with Crippen LogP contribution in [0.25, 0.3) is 0 Å². The van der Waals surface area contributed by atoms with Gasteiger partial charge in [-0.1, -0.05) is 0 Å². The van der Waals surface area contributed by atoms with Gasteiger partial charge >= 0.3 is 48.1 Å². The quantitative estimate of drug-likeness (QED) is 0.391. The summed E-state index contributed by atoms with van der Waals surface area (Å²) in [6.07, 6.45) is 0. The second-order valence-corrected chi connectivity index (χ2v) is 0. The van der Waals surface area contributed by atoms with Crippen LogP contribution in [0.1, 0.15) is 0 Å². The van der Waals surface area contributed by atoms with Gasteiger partial charge in [0.1, 0.15) is 0 Å². The van der Waals surface area contributed by atoms with Crippen LogP contribution in [0, 0.1) is 0 Å². The normalized spacial score (nSPS) is 2.00. The molecule has 0 aromatic carbocycles. The fourth-order valence-electron chi connectivity index (χ4n) is 0. The molecule has 43 valence electrons. The van der Waals surface area contributed by atoms with Crippen molar-refractivity contribution in [3.8, 4) is 0 Å². The predicted octanol–water partition coefficient (Wildman–Crippen LogP) is -3.82.